The van der Waals surface area contributed by atoms with Gasteiger partial charge in [0.25, 0.3) is 0 Å². The predicted octanol–water partition coefficient (Wildman–Crippen LogP) is 4.63. The zero-order chi connectivity index (χ0) is 12.6. The number of rotatable bonds is 9. The standard InChI is InChI=1S/C10H22S6/c1-7(11)14-4-10(5-15-8(2)12)6-16-9(3)13/h7-13H,4-6H2,1-3H3. The Bertz CT molecular complexity index is 131. The van der Waals surface area contributed by atoms with E-state index in [0.717, 1.165) is 5.92 Å². The molecule has 0 aliphatic carbocycles. The van der Waals surface area contributed by atoms with E-state index in [1.165, 1.54) is 17.3 Å². The molecule has 16 heavy (non-hydrogen) atoms. The van der Waals surface area contributed by atoms with E-state index < -0.39 is 0 Å². The minimum Gasteiger partial charge on any atom is -0.165 e. The highest BCUT2D eigenvalue weighted by atomic mass is 32.2. The van der Waals surface area contributed by atoms with Crippen molar-refractivity contribution >= 4 is 73.2 Å². The number of hydrogen-bond donors (Lipinski definition) is 3. The normalized spacial score (nSPS) is 19.1. The maximum Gasteiger partial charge on any atom is 0.0444 e. The fourth-order valence-electron chi connectivity index (χ4n) is 0.970. The Hall–Kier alpha value is 2.10. The summed E-state index contributed by atoms with van der Waals surface area (Å²) < 4.78 is 1.29. The lowest BCUT2D eigenvalue weighted by Gasteiger charge is -2.18. The van der Waals surface area contributed by atoms with Gasteiger partial charge in [-0.05, 0) is 43.9 Å². The van der Waals surface area contributed by atoms with Crippen molar-refractivity contribution in [2.75, 3.05) is 17.3 Å². The first-order valence-corrected chi connectivity index (χ1v) is 10.00. The molecule has 0 amide bonds. The first-order valence-electron chi connectivity index (χ1n) is 5.30. The average molecular weight is 335 g/mol. The predicted molar refractivity (Wildman–Crippen MR) is 96.2 cm³/mol. The fraction of sp³-hybridized carbons (Fsp3) is 1.00. The quantitative estimate of drug-likeness (QED) is 0.416. The molecule has 3 unspecified atom stereocenters. The van der Waals surface area contributed by atoms with Gasteiger partial charge in [0.2, 0.25) is 0 Å². The molecule has 3 atom stereocenters. The van der Waals surface area contributed by atoms with Crippen LogP contribution in [0.2, 0.25) is 0 Å². The zero-order valence-corrected chi connectivity index (χ0v) is 15.1. The molecule has 0 aliphatic heterocycles. The highest BCUT2D eigenvalue weighted by Crippen LogP contribution is 2.27. The number of thiol groups is 3. The van der Waals surface area contributed by atoms with Crippen LogP contribution in [-0.2, 0) is 0 Å². The second-order valence-corrected chi connectivity index (χ2v) is 11.2. The van der Waals surface area contributed by atoms with Crippen molar-refractivity contribution in [2.24, 2.45) is 5.92 Å². The van der Waals surface area contributed by atoms with Crippen LogP contribution >= 0.6 is 73.2 Å². The molecule has 0 saturated carbocycles. The van der Waals surface area contributed by atoms with E-state index in [-0.39, 0.29) is 0 Å². The number of thioether (sulfide) groups is 3. The topological polar surface area (TPSA) is 0 Å². The Kier molecular flexibility index (Phi) is 12.4. The van der Waals surface area contributed by atoms with Crippen molar-refractivity contribution in [1.29, 1.82) is 0 Å². The molecule has 0 heterocycles. The molecule has 0 rings (SSSR count). The van der Waals surface area contributed by atoms with Crippen molar-refractivity contribution in [3.63, 3.8) is 0 Å². The lowest BCUT2D eigenvalue weighted by atomic mass is 10.3. The summed E-state index contributed by atoms with van der Waals surface area (Å²) in [5.41, 5.74) is 0. The summed E-state index contributed by atoms with van der Waals surface area (Å²) in [6.07, 6.45) is 0. The van der Waals surface area contributed by atoms with Gasteiger partial charge in [0.1, 0.15) is 0 Å². The summed E-state index contributed by atoms with van der Waals surface area (Å²) in [6, 6.07) is 0. The third-order valence-electron chi connectivity index (χ3n) is 1.72. The van der Waals surface area contributed by atoms with Crippen molar-refractivity contribution in [3.8, 4) is 0 Å². The molecule has 0 fully saturated rings. The van der Waals surface area contributed by atoms with Gasteiger partial charge in [0, 0.05) is 13.7 Å². The van der Waals surface area contributed by atoms with Crippen LogP contribution in [0.25, 0.3) is 0 Å². The van der Waals surface area contributed by atoms with E-state index >= 15 is 0 Å². The van der Waals surface area contributed by atoms with Gasteiger partial charge in [-0.15, -0.1) is 35.3 Å². The van der Waals surface area contributed by atoms with Crippen LogP contribution in [0, 0.1) is 5.92 Å². The van der Waals surface area contributed by atoms with Gasteiger partial charge in [-0.25, -0.2) is 0 Å². The molecule has 0 N–H and O–H groups in total. The van der Waals surface area contributed by atoms with Gasteiger partial charge in [0.05, 0.1) is 0 Å². The van der Waals surface area contributed by atoms with E-state index in [2.05, 4.69) is 58.7 Å². The maximum absolute atomic E-state index is 4.41. The SMILES string of the molecule is CC(S)SCC(CSC(C)S)CSC(C)S. The third kappa shape index (κ3) is 12.6. The second kappa shape index (κ2) is 11.0. The van der Waals surface area contributed by atoms with Crippen LogP contribution in [0.1, 0.15) is 20.8 Å². The first kappa shape index (κ1) is 18.1. The van der Waals surface area contributed by atoms with Crippen LogP contribution in [-0.4, -0.2) is 31.0 Å². The Morgan fingerprint density at radius 1 is 0.688 bits per heavy atom. The second-order valence-electron chi connectivity index (χ2n) is 3.66. The zero-order valence-electron chi connectivity index (χ0n) is 10.00. The molecule has 0 saturated heterocycles. The molecule has 0 aromatic carbocycles. The van der Waals surface area contributed by atoms with Crippen LogP contribution in [0.4, 0.5) is 0 Å². The summed E-state index contributed by atoms with van der Waals surface area (Å²) >= 11 is 19.0. The maximum atomic E-state index is 4.41. The van der Waals surface area contributed by atoms with Gasteiger partial charge in [-0.2, -0.15) is 37.9 Å². The third-order valence-corrected chi connectivity index (χ3v) is 6.50. The van der Waals surface area contributed by atoms with Crippen molar-refractivity contribution in [3.05, 3.63) is 0 Å². The minimum atomic E-state index is 0.430. The van der Waals surface area contributed by atoms with Gasteiger partial charge in [-0.3, -0.25) is 0 Å². The van der Waals surface area contributed by atoms with Crippen LogP contribution in [0.5, 0.6) is 0 Å². The van der Waals surface area contributed by atoms with Gasteiger partial charge in [-0.1, -0.05) is 0 Å². The smallest absolute Gasteiger partial charge is 0.0444 e. The molecule has 0 aliphatic rings. The molecule has 0 nitrogen and oxygen atoms in total. The monoisotopic (exact) mass is 334 g/mol. The molecule has 0 radical (unpaired) electrons. The highest BCUT2D eigenvalue weighted by Gasteiger charge is 2.13. The molecule has 0 aromatic heterocycles. The average Bonchev–Trinajstić information content (AvgIpc) is 2.15. The van der Waals surface area contributed by atoms with E-state index in [0.29, 0.717) is 13.7 Å². The Morgan fingerprint density at radius 2 is 0.938 bits per heavy atom. The van der Waals surface area contributed by atoms with E-state index in [1.54, 1.807) is 0 Å². The summed E-state index contributed by atoms with van der Waals surface area (Å²) in [4.78, 5) is 0. The summed E-state index contributed by atoms with van der Waals surface area (Å²) in [5, 5.41) is 0. The molecular weight excluding hydrogens is 313 g/mol. The summed E-state index contributed by atoms with van der Waals surface area (Å²) in [6.45, 7) is 6.40. The van der Waals surface area contributed by atoms with Gasteiger partial charge in [0.15, 0.2) is 0 Å². The highest BCUT2D eigenvalue weighted by molar-refractivity contribution is 8.11. The largest absolute Gasteiger partial charge is 0.165 e. The minimum absolute atomic E-state index is 0.430. The molecule has 0 bridgehead atoms. The van der Waals surface area contributed by atoms with Crippen molar-refractivity contribution in [2.45, 2.75) is 34.5 Å². The van der Waals surface area contributed by atoms with E-state index in [1.807, 2.05) is 35.3 Å². The van der Waals surface area contributed by atoms with Crippen LogP contribution in [0.3, 0.4) is 0 Å². The lowest BCUT2D eigenvalue weighted by molar-refractivity contribution is 0.777. The van der Waals surface area contributed by atoms with E-state index in [9.17, 15) is 0 Å². The lowest BCUT2D eigenvalue weighted by Crippen LogP contribution is -2.13. The summed E-state index contributed by atoms with van der Waals surface area (Å²) in [5.74, 6) is 4.29. The van der Waals surface area contributed by atoms with Crippen LogP contribution in [0.15, 0.2) is 0 Å². The Balaban J connectivity index is 3.85. The fourth-order valence-corrected chi connectivity index (χ4v) is 4.55. The van der Waals surface area contributed by atoms with E-state index in [4.69, 9.17) is 0 Å². The molecule has 98 valence electrons. The van der Waals surface area contributed by atoms with Crippen molar-refractivity contribution < 1.29 is 0 Å². The van der Waals surface area contributed by atoms with Crippen LogP contribution < -0.4 is 0 Å². The Labute approximate surface area is 130 Å². The van der Waals surface area contributed by atoms with Crippen molar-refractivity contribution in [1.82, 2.24) is 0 Å². The van der Waals surface area contributed by atoms with Gasteiger partial charge >= 0.3 is 0 Å². The molecule has 0 spiro atoms. The van der Waals surface area contributed by atoms with Gasteiger partial charge < -0.3 is 0 Å². The summed E-state index contributed by atoms with van der Waals surface area (Å²) in [7, 11) is 0. The first-order chi connectivity index (χ1) is 7.41. The Morgan fingerprint density at radius 3 is 1.12 bits per heavy atom. The molecular formula is C10H22S6. The number of hydrogen-bond acceptors (Lipinski definition) is 6. The molecule has 6 heteroatoms. The molecule has 0 aromatic rings.